The van der Waals surface area contributed by atoms with Gasteiger partial charge in [0, 0.05) is 13.0 Å². The topological polar surface area (TPSA) is 39.2 Å². The van der Waals surface area contributed by atoms with Gasteiger partial charge in [0.05, 0.1) is 12.6 Å². The second-order valence-electron chi connectivity index (χ2n) is 2.23. The summed E-state index contributed by atoms with van der Waals surface area (Å²) >= 11 is 0. The molecule has 0 amide bonds. The summed E-state index contributed by atoms with van der Waals surface area (Å²) in [6, 6.07) is 3.56. The maximum atomic E-state index is 12.0. The zero-order chi connectivity index (χ0) is 8.10. The average molecular weight is 155 g/mol. The summed E-state index contributed by atoms with van der Waals surface area (Å²) < 4.78 is 17.0. The summed E-state index contributed by atoms with van der Waals surface area (Å²) in [5.74, 6) is 0.736. The number of furan rings is 1. The van der Waals surface area contributed by atoms with Crippen LogP contribution in [0.1, 0.15) is 5.76 Å². The Kier molecular flexibility index (Phi) is 2.86. The highest BCUT2D eigenvalue weighted by Gasteiger charge is 1.99. The van der Waals surface area contributed by atoms with Crippen LogP contribution in [-0.4, -0.2) is 6.54 Å². The summed E-state index contributed by atoms with van der Waals surface area (Å²) in [6.07, 6.45) is 2.55. The van der Waals surface area contributed by atoms with Gasteiger partial charge < -0.3 is 10.2 Å². The molecule has 1 rings (SSSR count). The van der Waals surface area contributed by atoms with Crippen molar-refractivity contribution in [2.45, 2.75) is 6.42 Å². The first-order valence-electron chi connectivity index (χ1n) is 3.37. The molecule has 0 saturated carbocycles. The van der Waals surface area contributed by atoms with Gasteiger partial charge in [0.2, 0.25) is 0 Å². The van der Waals surface area contributed by atoms with Gasteiger partial charge in [-0.3, -0.25) is 0 Å². The third kappa shape index (κ3) is 2.20. The number of rotatable bonds is 3. The number of hydrogen-bond donors (Lipinski definition) is 1. The van der Waals surface area contributed by atoms with E-state index in [4.69, 9.17) is 10.2 Å². The van der Waals surface area contributed by atoms with Gasteiger partial charge in [-0.25, -0.2) is 4.39 Å². The largest absolute Gasteiger partial charge is 0.469 e. The van der Waals surface area contributed by atoms with E-state index in [1.165, 1.54) is 0 Å². The summed E-state index contributed by atoms with van der Waals surface area (Å²) in [5.41, 5.74) is 5.79. The summed E-state index contributed by atoms with van der Waals surface area (Å²) in [4.78, 5) is 0. The minimum atomic E-state index is 0.233. The molecule has 3 heteroatoms. The third-order valence-corrected chi connectivity index (χ3v) is 1.40. The SMILES string of the molecule is NC/C(=C/F)Cc1ccco1. The van der Waals surface area contributed by atoms with Crippen LogP contribution >= 0.6 is 0 Å². The van der Waals surface area contributed by atoms with Crippen molar-refractivity contribution in [3.63, 3.8) is 0 Å². The number of nitrogens with two attached hydrogens (primary N) is 1. The van der Waals surface area contributed by atoms with E-state index >= 15 is 0 Å². The molecule has 60 valence electrons. The highest BCUT2D eigenvalue weighted by atomic mass is 19.1. The van der Waals surface area contributed by atoms with Gasteiger partial charge >= 0.3 is 0 Å². The van der Waals surface area contributed by atoms with Crippen LogP contribution in [0.15, 0.2) is 34.7 Å². The van der Waals surface area contributed by atoms with Crippen LogP contribution < -0.4 is 5.73 Å². The Morgan fingerprint density at radius 1 is 1.73 bits per heavy atom. The molecule has 0 aliphatic rings. The lowest BCUT2D eigenvalue weighted by Gasteiger charge is -1.97. The maximum Gasteiger partial charge on any atom is 0.107 e. The Morgan fingerprint density at radius 2 is 2.55 bits per heavy atom. The fourth-order valence-electron chi connectivity index (χ4n) is 0.792. The first-order chi connectivity index (χ1) is 5.36. The zero-order valence-corrected chi connectivity index (χ0v) is 6.09. The average Bonchev–Trinajstić information content (AvgIpc) is 2.52. The van der Waals surface area contributed by atoms with Crippen molar-refractivity contribution in [3.05, 3.63) is 36.1 Å². The van der Waals surface area contributed by atoms with Crippen LogP contribution in [0.2, 0.25) is 0 Å². The van der Waals surface area contributed by atoms with Crippen LogP contribution in [0.5, 0.6) is 0 Å². The Morgan fingerprint density at radius 3 is 3.00 bits per heavy atom. The molecule has 0 unspecified atom stereocenters. The monoisotopic (exact) mass is 155 g/mol. The summed E-state index contributed by atoms with van der Waals surface area (Å²) in [6.45, 7) is 0.233. The van der Waals surface area contributed by atoms with E-state index in [9.17, 15) is 4.39 Å². The van der Waals surface area contributed by atoms with Gasteiger partial charge in [-0.15, -0.1) is 0 Å². The quantitative estimate of drug-likeness (QED) is 0.720. The van der Waals surface area contributed by atoms with Crippen LogP contribution in [-0.2, 0) is 6.42 Å². The molecule has 0 atom stereocenters. The molecule has 0 aliphatic heterocycles. The molecule has 11 heavy (non-hydrogen) atoms. The third-order valence-electron chi connectivity index (χ3n) is 1.40. The van der Waals surface area contributed by atoms with Gasteiger partial charge in [0.15, 0.2) is 0 Å². The molecule has 1 aromatic heterocycles. The van der Waals surface area contributed by atoms with E-state index < -0.39 is 0 Å². The predicted molar refractivity (Wildman–Crippen MR) is 40.7 cm³/mol. The summed E-state index contributed by atoms with van der Waals surface area (Å²) in [5, 5.41) is 0. The van der Waals surface area contributed by atoms with Gasteiger partial charge in [-0.1, -0.05) is 0 Å². The lowest BCUT2D eigenvalue weighted by atomic mass is 10.2. The van der Waals surface area contributed by atoms with Gasteiger partial charge in [-0.2, -0.15) is 0 Å². The van der Waals surface area contributed by atoms with Crippen molar-refractivity contribution < 1.29 is 8.81 Å². The van der Waals surface area contributed by atoms with Crippen molar-refractivity contribution in [1.29, 1.82) is 0 Å². The normalized spacial score (nSPS) is 12.0. The second kappa shape index (κ2) is 3.93. The fraction of sp³-hybridized carbons (Fsp3) is 0.250. The molecule has 0 spiro atoms. The Balaban J connectivity index is 2.55. The molecule has 0 aliphatic carbocycles. The van der Waals surface area contributed by atoms with E-state index in [2.05, 4.69) is 0 Å². The molecule has 1 aromatic rings. The van der Waals surface area contributed by atoms with E-state index in [1.807, 2.05) is 0 Å². The maximum absolute atomic E-state index is 12.0. The van der Waals surface area contributed by atoms with E-state index in [0.717, 1.165) is 5.76 Å². The molecular formula is C8H10FNO. The molecule has 1 heterocycles. The Hall–Kier alpha value is -1.09. The van der Waals surface area contributed by atoms with E-state index in [1.54, 1.807) is 18.4 Å². The van der Waals surface area contributed by atoms with Crippen molar-refractivity contribution >= 4 is 0 Å². The first kappa shape index (κ1) is 8.01. The van der Waals surface area contributed by atoms with Crippen molar-refractivity contribution in [1.82, 2.24) is 0 Å². The highest BCUT2D eigenvalue weighted by Crippen LogP contribution is 2.07. The Bertz CT molecular complexity index is 228. The van der Waals surface area contributed by atoms with Crippen LogP contribution in [0.4, 0.5) is 4.39 Å². The number of halogens is 1. The second-order valence-corrected chi connectivity index (χ2v) is 2.23. The molecule has 0 bridgehead atoms. The number of hydrogen-bond acceptors (Lipinski definition) is 2. The Labute approximate surface area is 64.5 Å². The molecule has 2 N–H and O–H groups in total. The zero-order valence-electron chi connectivity index (χ0n) is 6.09. The van der Waals surface area contributed by atoms with Gasteiger partial charge in [0.25, 0.3) is 0 Å². The molecule has 2 nitrogen and oxygen atoms in total. The van der Waals surface area contributed by atoms with E-state index in [-0.39, 0.29) is 6.54 Å². The van der Waals surface area contributed by atoms with Crippen LogP contribution in [0.25, 0.3) is 0 Å². The minimum absolute atomic E-state index is 0.233. The molecule has 0 saturated heterocycles. The lowest BCUT2D eigenvalue weighted by Crippen LogP contribution is -2.04. The standard InChI is InChI=1S/C8H10FNO/c9-5-7(6-10)4-8-2-1-3-11-8/h1-3,5H,4,6,10H2/b7-5+. The fourth-order valence-corrected chi connectivity index (χ4v) is 0.792. The van der Waals surface area contributed by atoms with Crippen LogP contribution in [0.3, 0.4) is 0 Å². The van der Waals surface area contributed by atoms with Gasteiger partial charge in [-0.05, 0) is 17.7 Å². The van der Waals surface area contributed by atoms with Crippen LogP contribution in [0, 0.1) is 0 Å². The predicted octanol–water partition coefficient (Wildman–Crippen LogP) is 1.63. The van der Waals surface area contributed by atoms with E-state index in [0.29, 0.717) is 18.3 Å². The lowest BCUT2D eigenvalue weighted by molar-refractivity contribution is 0.516. The smallest absolute Gasteiger partial charge is 0.107 e. The van der Waals surface area contributed by atoms with Crippen molar-refractivity contribution in [2.75, 3.05) is 6.54 Å². The molecule has 0 radical (unpaired) electrons. The van der Waals surface area contributed by atoms with Gasteiger partial charge in [0.1, 0.15) is 5.76 Å². The first-order valence-corrected chi connectivity index (χ1v) is 3.37. The summed E-state index contributed by atoms with van der Waals surface area (Å²) in [7, 11) is 0. The minimum Gasteiger partial charge on any atom is -0.469 e. The molecular weight excluding hydrogens is 145 g/mol. The highest BCUT2D eigenvalue weighted by molar-refractivity contribution is 5.11. The molecule has 0 aromatic carbocycles. The molecule has 0 fully saturated rings. The van der Waals surface area contributed by atoms with Crippen molar-refractivity contribution in [2.24, 2.45) is 5.73 Å². The van der Waals surface area contributed by atoms with Crippen molar-refractivity contribution in [3.8, 4) is 0 Å².